The zero-order valence-corrected chi connectivity index (χ0v) is 12.3. The molecule has 1 aromatic heterocycles. The van der Waals surface area contributed by atoms with Crippen LogP contribution in [0.5, 0.6) is 0 Å². The molecule has 6 nitrogen and oxygen atoms in total. The van der Waals surface area contributed by atoms with E-state index in [1.807, 2.05) is 24.3 Å². The summed E-state index contributed by atoms with van der Waals surface area (Å²) in [4.78, 5) is 20.5. The van der Waals surface area contributed by atoms with Crippen molar-refractivity contribution < 1.29 is 14.2 Å². The minimum Gasteiger partial charge on any atom is -0.339 e. The molecule has 1 N–H and O–H groups in total. The first-order chi connectivity index (χ1) is 10.2. The van der Waals surface area contributed by atoms with Crippen molar-refractivity contribution in [3.8, 4) is 11.4 Å². The van der Waals surface area contributed by atoms with E-state index < -0.39 is 0 Å². The predicted molar refractivity (Wildman–Crippen MR) is 77.2 cm³/mol. The lowest BCUT2D eigenvalue weighted by atomic mass is 10.1. The third kappa shape index (κ3) is 4.39. The van der Waals surface area contributed by atoms with Crippen LogP contribution in [0.3, 0.4) is 0 Å². The van der Waals surface area contributed by atoms with E-state index in [9.17, 15) is 4.79 Å². The van der Waals surface area contributed by atoms with E-state index in [2.05, 4.69) is 22.5 Å². The average molecular weight is 289 g/mol. The molecule has 0 atom stereocenters. The van der Waals surface area contributed by atoms with E-state index >= 15 is 0 Å². The number of benzene rings is 1. The van der Waals surface area contributed by atoms with Gasteiger partial charge in [-0.15, -0.1) is 0 Å². The summed E-state index contributed by atoms with van der Waals surface area (Å²) < 4.78 is 5.15. The maximum atomic E-state index is 11.4. The Bertz CT molecular complexity index is 578. The van der Waals surface area contributed by atoms with Gasteiger partial charge in [0.15, 0.2) is 0 Å². The number of aromatic nitrogens is 2. The molecule has 0 fully saturated rings. The van der Waals surface area contributed by atoms with Crippen LogP contribution in [-0.4, -0.2) is 22.7 Å². The van der Waals surface area contributed by atoms with E-state index in [0.717, 1.165) is 12.0 Å². The zero-order chi connectivity index (χ0) is 15.1. The van der Waals surface area contributed by atoms with Crippen LogP contribution in [0, 0.1) is 0 Å². The van der Waals surface area contributed by atoms with Crippen molar-refractivity contribution in [3.05, 3.63) is 35.7 Å². The maximum Gasteiger partial charge on any atom is 0.244 e. The minimum absolute atomic E-state index is 0.205. The van der Waals surface area contributed by atoms with Gasteiger partial charge in [0.1, 0.15) is 0 Å². The van der Waals surface area contributed by atoms with Crippen LogP contribution in [0.25, 0.3) is 11.4 Å². The van der Waals surface area contributed by atoms with Crippen molar-refractivity contribution in [2.75, 3.05) is 6.61 Å². The number of hydrogen-bond acceptors (Lipinski definition) is 5. The van der Waals surface area contributed by atoms with Gasteiger partial charge in [0.05, 0.1) is 6.61 Å². The fraction of sp³-hybridized carbons (Fsp3) is 0.400. The van der Waals surface area contributed by atoms with Crippen molar-refractivity contribution in [1.82, 2.24) is 15.6 Å². The minimum atomic E-state index is -0.205. The van der Waals surface area contributed by atoms with Gasteiger partial charge in [-0.3, -0.25) is 9.63 Å². The lowest BCUT2D eigenvalue weighted by molar-refractivity contribution is -0.133. The monoisotopic (exact) mass is 289 g/mol. The molecule has 1 amide bonds. The normalized spacial score (nSPS) is 10.6. The highest BCUT2D eigenvalue weighted by Crippen LogP contribution is 2.17. The van der Waals surface area contributed by atoms with Crippen LogP contribution in [0.1, 0.15) is 31.7 Å². The molecule has 0 aliphatic rings. The molecule has 2 aromatic rings. The van der Waals surface area contributed by atoms with Crippen LogP contribution in [0.4, 0.5) is 0 Å². The number of carbonyl (C=O) groups is 1. The molecule has 0 aliphatic heterocycles. The van der Waals surface area contributed by atoms with Gasteiger partial charge in [0, 0.05) is 18.4 Å². The van der Waals surface area contributed by atoms with E-state index in [-0.39, 0.29) is 12.3 Å². The highest BCUT2D eigenvalue weighted by atomic mass is 16.6. The maximum absolute atomic E-state index is 11.4. The first-order valence-corrected chi connectivity index (χ1v) is 7.05. The molecule has 2 rings (SSSR count). The largest absolute Gasteiger partial charge is 0.339 e. The third-order valence-electron chi connectivity index (χ3n) is 2.98. The van der Waals surface area contributed by atoms with Gasteiger partial charge in [-0.05, 0) is 18.9 Å². The third-order valence-corrected chi connectivity index (χ3v) is 2.98. The number of nitrogens with zero attached hydrogens (tertiary/aromatic N) is 2. The van der Waals surface area contributed by atoms with Gasteiger partial charge in [0.25, 0.3) is 0 Å². The Kier molecular flexibility index (Phi) is 5.45. The van der Waals surface area contributed by atoms with Gasteiger partial charge in [-0.2, -0.15) is 4.98 Å². The molecule has 21 heavy (non-hydrogen) atoms. The van der Waals surface area contributed by atoms with Gasteiger partial charge >= 0.3 is 0 Å². The Hall–Kier alpha value is -2.21. The summed E-state index contributed by atoms with van der Waals surface area (Å²) >= 11 is 0. The summed E-state index contributed by atoms with van der Waals surface area (Å²) in [7, 11) is 0. The van der Waals surface area contributed by atoms with Crippen molar-refractivity contribution in [1.29, 1.82) is 0 Å². The molecular weight excluding hydrogens is 270 g/mol. The molecule has 0 radical (unpaired) electrons. The lowest BCUT2D eigenvalue weighted by Gasteiger charge is -2.01. The second-order valence-corrected chi connectivity index (χ2v) is 4.52. The Morgan fingerprint density at radius 3 is 2.71 bits per heavy atom. The SMILES string of the molecule is CCONC(=O)CCc1nc(-c2ccc(CC)cc2)no1. The van der Waals surface area contributed by atoms with Crippen LogP contribution < -0.4 is 5.48 Å². The lowest BCUT2D eigenvalue weighted by Crippen LogP contribution is -2.23. The average Bonchev–Trinajstić information content (AvgIpc) is 3.00. The van der Waals surface area contributed by atoms with Crippen LogP contribution in [0.15, 0.2) is 28.8 Å². The van der Waals surface area contributed by atoms with Crippen molar-refractivity contribution >= 4 is 5.91 Å². The summed E-state index contributed by atoms with van der Waals surface area (Å²) in [5.74, 6) is 0.776. The molecule has 1 aromatic carbocycles. The number of rotatable bonds is 7. The Morgan fingerprint density at radius 1 is 1.29 bits per heavy atom. The summed E-state index contributed by atoms with van der Waals surface area (Å²) in [6, 6.07) is 8.02. The number of nitrogens with one attached hydrogen (secondary N) is 1. The first kappa shape index (κ1) is 15.2. The summed E-state index contributed by atoms with van der Waals surface area (Å²) in [6.45, 7) is 4.34. The zero-order valence-electron chi connectivity index (χ0n) is 12.3. The quantitative estimate of drug-likeness (QED) is 0.791. The number of carbonyl (C=O) groups excluding carboxylic acids is 1. The second-order valence-electron chi connectivity index (χ2n) is 4.52. The number of amides is 1. The summed E-state index contributed by atoms with van der Waals surface area (Å²) in [5.41, 5.74) is 4.49. The smallest absolute Gasteiger partial charge is 0.244 e. The molecular formula is C15H19N3O3. The number of aryl methyl sites for hydroxylation is 2. The second kappa shape index (κ2) is 7.54. The fourth-order valence-electron chi connectivity index (χ4n) is 1.79. The molecule has 112 valence electrons. The van der Waals surface area contributed by atoms with Crippen LogP contribution in [0.2, 0.25) is 0 Å². The molecule has 0 spiro atoms. The van der Waals surface area contributed by atoms with E-state index in [4.69, 9.17) is 9.36 Å². The molecule has 0 saturated carbocycles. The molecule has 0 saturated heterocycles. The highest BCUT2D eigenvalue weighted by molar-refractivity contribution is 5.74. The van der Waals surface area contributed by atoms with Crippen molar-refractivity contribution in [2.45, 2.75) is 33.1 Å². The van der Waals surface area contributed by atoms with E-state index in [0.29, 0.717) is 24.7 Å². The van der Waals surface area contributed by atoms with Gasteiger partial charge in [0.2, 0.25) is 17.6 Å². The summed E-state index contributed by atoms with van der Waals surface area (Å²) in [5, 5.41) is 3.93. The standard InChI is InChI=1S/C15H19N3O3/c1-3-11-5-7-12(8-6-11)15-16-14(21-18-15)10-9-13(19)17-20-4-2/h5-8H,3-4,9-10H2,1-2H3,(H,17,19). The van der Waals surface area contributed by atoms with Gasteiger partial charge < -0.3 is 4.52 Å². The fourth-order valence-corrected chi connectivity index (χ4v) is 1.79. The number of hydrogen-bond donors (Lipinski definition) is 1. The van der Waals surface area contributed by atoms with Crippen LogP contribution in [-0.2, 0) is 22.5 Å². The molecule has 1 heterocycles. The molecule has 0 unspecified atom stereocenters. The Morgan fingerprint density at radius 2 is 2.05 bits per heavy atom. The summed E-state index contributed by atoms with van der Waals surface area (Å²) in [6.07, 6.45) is 1.63. The van der Waals surface area contributed by atoms with E-state index in [1.165, 1.54) is 5.56 Å². The topological polar surface area (TPSA) is 77.2 Å². The molecule has 0 bridgehead atoms. The van der Waals surface area contributed by atoms with E-state index in [1.54, 1.807) is 6.92 Å². The number of hydroxylamine groups is 1. The molecule has 0 aliphatic carbocycles. The van der Waals surface area contributed by atoms with Gasteiger partial charge in [-0.1, -0.05) is 36.3 Å². The Balaban J connectivity index is 1.92. The first-order valence-electron chi connectivity index (χ1n) is 7.05. The van der Waals surface area contributed by atoms with Crippen LogP contribution >= 0.6 is 0 Å². The van der Waals surface area contributed by atoms with Crippen molar-refractivity contribution in [3.63, 3.8) is 0 Å². The molecule has 6 heteroatoms. The van der Waals surface area contributed by atoms with Gasteiger partial charge in [-0.25, -0.2) is 5.48 Å². The highest BCUT2D eigenvalue weighted by Gasteiger charge is 2.10. The van der Waals surface area contributed by atoms with Crippen molar-refractivity contribution in [2.24, 2.45) is 0 Å². The predicted octanol–water partition coefficient (Wildman–Crippen LogP) is 2.30. The Labute approximate surface area is 123 Å².